The van der Waals surface area contributed by atoms with Gasteiger partial charge in [-0.05, 0) is 37.7 Å². The Morgan fingerprint density at radius 3 is 2.33 bits per heavy atom. The van der Waals surface area contributed by atoms with Crippen LogP contribution in [0.4, 0.5) is 11.4 Å². The second-order valence-corrected chi connectivity index (χ2v) is 6.96. The third kappa shape index (κ3) is 6.96. The summed E-state index contributed by atoms with van der Waals surface area (Å²) in [5.41, 5.74) is 2.11. The molecule has 2 heterocycles. The van der Waals surface area contributed by atoms with E-state index in [2.05, 4.69) is 51.3 Å². The van der Waals surface area contributed by atoms with Gasteiger partial charge in [-0.2, -0.15) is 0 Å². The van der Waals surface area contributed by atoms with Crippen LogP contribution in [0.2, 0.25) is 0 Å². The lowest BCUT2D eigenvalue weighted by molar-refractivity contribution is -0.697. The number of amides is 1. The molecule has 1 aromatic heterocycles. The van der Waals surface area contributed by atoms with Crippen LogP contribution in [-0.2, 0) is 11.3 Å². The lowest BCUT2D eigenvalue weighted by atomic mass is 10.2. The Balaban J connectivity index is 0.00000261. The van der Waals surface area contributed by atoms with Crippen molar-refractivity contribution in [3.8, 4) is 0 Å². The van der Waals surface area contributed by atoms with Gasteiger partial charge in [0.25, 0.3) is 0 Å². The number of hydrogen-bond acceptors (Lipinski definition) is 3. The molecule has 1 saturated heterocycles. The van der Waals surface area contributed by atoms with Gasteiger partial charge in [0.1, 0.15) is 6.54 Å². The van der Waals surface area contributed by atoms with E-state index in [0.29, 0.717) is 6.42 Å². The molecule has 0 aliphatic carbocycles. The molecule has 1 aliphatic heterocycles. The monoisotopic (exact) mass is 432 g/mol. The van der Waals surface area contributed by atoms with Gasteiger partial charge in [0.2, 0.25) is 5.91 Å². The largest absolute Gasteiger partial charge is 1.00 e. The zero-order valence-electron chi connectivity index (χ0n) is 16.0. The molecular weight excluding hydrogens is 404 g/mol. The average molecular weight is 433 g/mol. The topological polar surface area (TPSA) is 39.5 Å². The molecule has 5 nitrogen and oxygen atoms in total. The molecule has 0 radical (unpaired) electrons. The first-order valence-electron chi connectivity index (χ1n) is 9.48. The Morgan fingerprint density at radius 2 is 1.67 bits per heavy atom. The van der Waals surface area contributed by atoms with Gasteiger partial charge in [0, 0.05) is 62.5 Å². The first kappa shape index (κ1) is 21.4. The number of benzene rings is 1. The molecule has 0 saturated carbocycles. The van der Waals surface area contributed by atoms with E-state index in [1.165, 1.54) is 5.69 Å². The minimum Gasteiger partial charge on any atom is -1.00 e. The number of hydrogen-bond donors (Lipinski definition) is 1. The van der Waals surface area contributed by atoms with E-state index < -0.39 is 0 Å². The number of nitrogens with one attached hydrogen (secondary N) is 1. The molecule has 1 N–H and O–H groups in total. The smallest absolute Gasteiger partial charge is 0.224 e. The molecule has 1 amide bonds. The number of carbonyl (C=O) groups excluding carboxylic acids is 1. The summed E-state index contributed by atoms with van der Waals surface area (Å²) in [6.45, 7) is 5.26. The lowest BCUT2D eigenvalue weighted by Crippen LogP contribution is -3.00. The third-order valence-electron chi connectivity index (χ3n) is 4.87. The Labute approximate surface area is 172 Å². The zero-order chi connectivity index (χ0) is 18.2. The minimum atomic E-state index is 0. The van der Waals surface area contributed by atoms with E-state index in [0.717, 1.165) is 51.3 Å². The molecule has 0 spiro atoms. The number of likely N-dealkylation sites (N-methyl/N-ethyl adjacent to an activating group) is 1. The number of carbonyl (C=O) groups is 1. The minimum absolute atomic E-state index is 0. The van der Waals surface area contributed by atoms with Crippen molar-refractivity contribution in [2.45, 2.75) is 25.8 Å². The van der Waals surface area contributed by atoms with Gasteiger partial charge in [-0.3, -0.25) is 4.79 Å². The van der Waals surface area contributed by atoms with Gasteiger partial charge in [-0.1, -0.05) is 6.07 Å². The first-order chi connectivity index (χ1) is 12.7. The number of aromatic nitrogens is 1. The van der Waals surface area contributed by atoms with Crippen LogP contribution in [0.25, 0.3) is 0 Å². The van der Waals surface area contributed by atoms with E-state index in [9.17, 15) is 4.79 Å². The Morgan fingerprint density at radius 1 is 1.00 bits per heavy atom. The van der Waals surface area contributed by atoms with Crippen molar-refractivity contribution in [1.82, 2.24) is 4.90 Å². The predicted octanol–water partition coefficient (Wildman–Crippen LogP) is -0.461. The van der Waals surface area contributed by atoms with Crippen molar-refractivity contribution in [3.63, 3.8) is 0 Å². The van der Waals surface area contributed by atoms with Crippen molar-refractivity contribution in [2.24, 2.45) is 0 Å². The summed E-state index contributed by atoms with van der Waals surface area (Å²) in [6, 6.07) is 14.3. The summed E-state index contributed by atoms with van der Waals surface area (Å²) >= 11 is 0. The molecule has 0 unspecified atom stereocenters. The van der Waals surface area contributed by atoms with E-state index in [4.69, 9.17) is 0 Å². The molecule has 6 heteroatoms. The maximum Gasteiger partial charge on any atom is 0.224 e. The molecule has 3 rings (SSSR count). The van der Waals surface area contributed by atoms with Crippen LogP contribution in [0.1, 0.15) is 19.3 Å². The van der Waals surface area contributed by atoms with Crippen molar-refractivity contribution in [1.29, 1.82) is 0 Å². The molecule has 1 aromatic carbocycles. The van der Waals surface area contributed by atoms with Crippen LogP contribution in [0.15, 0.2) is 54.9 Å². The molecule has 0 bridgehead atoms. The number of rotatable bonds is 7. The summed E-state index contributed by atoms with van der Waals surface area (Å²) in [7, 11) is 2.16. The highest BCUT2D eigenvalue weighted by molar-refractivity contribution is 5.90. The molecule has 1 fully saturated rings. The molecular formula is C21H29BrN4O. The number of aryl methyl sites for hydroxylation is 1. The summed E-state index contributed by atoms with van der Waals surface area (Å²) in [5.74, 6) is 0.0930. The van der Waals surface area contributed by atoms with Gasteiger partial charge in [-0.25, -0.2) is 4.57 Å². The fourth-order valence-electron chi connectivity index (χ4n) is 3.21. The third-order valence-corrected chi connectivity index (χ3v) is 4.87. The number of anilines is 2. The summed E-state index contributed by atoms with van der Waals surface area (Å²) < 4.78 is 2.15. The highest BCUT2D eigenvalue weighted by Crippen LogP contribution is 2.19. The SMILES string of the molecule is CN1CCN(c2ccc(NC(=O)CCCC[n+]3ccccc3)cc2)CC1.[Br-]. The Kier molecular flexibility index (Phi) is 8.75. The van der Waals surface area contributed by atoms with Gasteiger partial charge >= 0.3 is 0 Å². The highest BCUT2D eigenvalue weighted by atomic mass is 79.9. The summed E-state index contributed by atoms with van der Waals surface area (Å²) in [4.78, 5) is 16.9. The van der Waals surface area contributed by atoms with E-state index in [1.807, 2.05) is 30.3 Å². The van der Waals surface area contributed by atoms with E-state index in [-0.39, 0.29) is 22.9 Å². The Hall–Kier alpha value is -1.92. The Bertz CT molecular complexity index is 685. The quantitative estimate of drug-likeness (QED) is 0.475. The van der Waals surface area contributed by atoms with Crippen LogP contribution < -0.4 is 31.8 Å². The summed E-state index contributed by atoms with van der Waals surface area (Å²) in [5, 5.41) is 3.01. The highest BCUT2D eigenvalue weighted by Gasteiger charge is 2.14. The second-order valence-electron chi connectivity index (χ2n) is 6.96. The van der Waals surface area contributed by atoms with Crippen LogP contribution in [0.3, 0.4) is 0 Å². The lowest BCUT2D eigenvalue weighted by Gasteiger charge is -2.34. The molecule has 2 aromatic rings. The predicted molar refractivity (Wildman–Crippen MR) is 105 cm³/mol. The number of piperazine rings is 1. The zero-order valence-corrected chi connectivity index (χ0v) is 17.6. The number of pyridine rings is 1. The maximum atomic E-state index is 12.1. The van der Waals surface area contributed by atoms with Crippen LogP contribution >= 0.6 is 0 Å². The number of nitrogens with zero attached hydrogens (tertiary/aromatic N) is 3. The average Bonchev–Trinajstić information content (AvgIpc) is 2.67. The van der Waals surface area contributed by atoms with Crippen molar-refractivity contribution < 1.29 is 26.3 Å². The standard InChI is InChI=1S/C21H28N4O.BrH/c1-23-15-17-25(18-16-23)20-10-8-19(9-11-20)22-21(26)7-3-6-14-24-12-4-2-5-13-24;/h2,4-5,8-13H,3,6-7,14-18H2,1H3;1H. The summed E-state index contributed by atoms with van der Waals surface area (Å²) in [6.07, 6.45) is 6.58. The van der Waals surface area contributed by atoms with Gasteiger partial charge in [-0.15, -0.1) is 0 Å². The maximum absolute atomic E-state index is 12.1. The molecule has 27 heavy (non-hydrogen) atoms. The normalized spacial score (nSPS) is 14.5. The second kappa shape index (κ2) is 11.0. The van der Waals surface area contributed by atoms with Gasteiger partial charge in [0.05, 0.1) is 0 Å². The van der Waals surface area contributed by atoms with Crippen LogP contribution in [-0.4, -0.2) is 44.0 Å². The van der Waals surface area contributed by atoms with E-state index in [1.54, 1.807) is 0 Å². The van der Waals surface area contributed by atoms with Gasteiger partial charge in [0.15, 0.2) is 12.4 Å². The first-order valence-corrected chi connectivity index (χ1v) is 9.48. The van der Waals surface area contributed by atoms with Crippen LogP contribution in [0.5, 0.6) is 0 Å². The number of unbranched alkanes of at least 4 members (excludes halogenated alkanes) is 1. The van der Waals surface area contributed by atoms with E-state index >= 15 is 0 Å². The van der Waals surface area contributed by atoms with Crippen molar-refractivity contribution >= 4 is 17.3 Å². The van der Waals surface area contributed by atoms with Crippen LogP contribution in [0, 0.1) is 0 Å². The molecule has 146 valence electrons. The van der Waals surface area contributed by atoms with Crippen molar-refractivity contribution in [3.05, 3.63) is 54.9 Å². The fraction of sp³-hybridized carbons (Fsp3) is 0.429. The molecule has 1 aliphatic rings. The fourth-order valence-corrected chi connectivity index (χ4v) is 3.21. The molecule has 0 atom stereocenters. The number of halogens is 1. The van der Waals surface area contributed by atoms with Crippen molar-refractivity contribution in [2.75, 3.05) is 43.4 Å². The van der Waals surface area contributed by atoms with Gasteiger partial charge < -0.3 is 32.1 Å².